The van der Waals surface area contributed by atoms with E-state index in [-0.39, 0.29) is 23.8 Å². The van der Waals surface area contributed by atoms with Crippen LogP contribution in [-0.4, -0.2) is 34.3 Å². The molecule has 2 fully saturated rings. The Balaban J connectivity index is 1.34. The summed E-state index contributed by atoms with van der Waals surface area (Å²) >= 11 is 1.64. The zero-order valence-electron chi connectivity index (χ0n) is 17.9. The molecule has 2 aromatic rings. The maximum atomic E-state index is 13.0. The summed E-state index contributed by atoms with van der Waals surface area (Å²) in [6, 6.07) is 7.94. The lowest BCUT2D eigenvalue weighted by Crippen LogP contribution is -2.48. The Labute approximate surface area is 182 Å². The second-order valence-electron chi connectivity index (χ2n) is 8.70. The molecule has 5 nitrogen and oxygen atoms in total. The Kier molecular flexibility index (Phi) is 6.52. The molecule has 2 atom stereocenters. The van der Waals surface area contributed by atoms with Gasteiger partial charge in [-0.1, -0.05) is 44.0 Å². The molecule has 1 aromatic heterocycles. The molecule has 2 heterocycles. The van der Waals surface area contributed by atoms with Crippen LogP contribution in [0.3, 0.4) is 0 Å². The van der Waals surface area contributed by atoms with Gasteiger partial charge in [0.25, 0.3) is 0 Å². The molecule has 0 radical (unpaired) electrons. The molecule has 160 valence electrons. The lowest BCUT2D eigenvalue weighted by molar-refractivity contribution is -0.142. The number of benzene rings is 1. The number of likely N-dealkylation sites (tertiary alicyclic amines) is 1. The summed E-state index contributed by atoms with van der Waals surface area (Å²) in [6.07, 6.45) is 6.42. The molecule has 0 spiro atoms. The molecule has 4 rings (SSSR count). The van der Waals surface area contributed by atoms with Crippen molar-refractivity contribution in [1.29, 1.82) is 0 Å². The van der Waals surface area contributed by atoms with Gasteiger partial charge in [0.05, 0.1) is 16.1 Å². The first-order valence-electron chi connectivity index (χ1n) is 11.1. The van der Waals surface area contributed by atoms with Gasteiger partial charge in [-0.05, 0) is 49.7 Å². The average molecular weight is 426 g/mol. The zero-order chi connectivity index (χ0) is 21.1. The van der Waals surface area contributed by atoms with Crippen LogP contribution >= 0.6 is 11.3 Å². The summed E-state index contributed by atoms with van der Waals surface area (Å²) in [5.74, 6) is 0.664. The van der Waals surface area contributed by atoms with Gasteiger partial charge >= 0.3 is 0 Å². The Hall–Kier alpha value is -2.21. The van der Waals surface area contributed by atoms with Crippen molar-refractivity contribution in [3.8, 4) is 10.4 Å². The van der Waals surface area contributed by atoms with Crippen molar-refractivity contribution >= 4 is 23.2 Å². The van der Waals surface area contributed by atoms with Crippen molar-refractivity contribution in [1.82, 2.24) is 15.2 Å². The van der Waals surface area contributed by atoms with Gasteiger partial charge in [0, 0.05) is 19.0 Å². The minimum absolute atomic E-state index is 0.0261. The summed E-state index contributed by atoms with van der Waals surface area (Å²) in [7, 11) is 0. The first-order valence-corrected chi connectivity index (χ1v) is 12.0. The number of carbonyl (C=O) groups excluding carboxylic acids is 2. The van der Waals surface area contributed by atoms with Gasteiger partial charge in [-0.25, -0.2) is 4.98 Å². The number of hydrogen-bond acceptors (Lipinski definition) is 4. The van der Waals surface area contributed by atoms with Crippen LogP contribution in [-0.2, 0) is 16.1 Å². The number of amides is 2. The standard InChI is InChI=1S/C24H31N3O2S/c1-16(19-6-3-4-7-19)24(29)27-13-5-8-21(27)23(28)25-14-18-9-11-20(12-10-18)22-17(2)26-15-30-22/h9-12,15-16,19,21H,3-8,13-14H2,1-2H3,(H,25,28)/t16?,21-/m0/s1. The van der Waals surface area contributed by atoms with Crippen LogP contribution in [0.5, 0.6) is 0 Å². The van der Waals surface area contributed by atoms with E-state index in [9.17, 15) is 9.59 Å². The normalized spacial score (nSPS) is 20.5. The van der Waals surface area contributed by atoms with Crippen LogP contribution in [0.1, 0.15) is 56.7 Å². The second kappa shape index (κ2) is 9.29. The number of carbonyl (C=O) groups is 2. The number of nitrogens with one attached hydrogen (secondary N) is 1. The number of aromatic nitrogens is 1. The number of nitrogens with zero attached hydrogens (tertiary/aromatic N) is 2. The van der Waals surface area contributed by atoms with Crippen LogP contribution in [0.15, 0.2) is 29.8 Å². The van der Waals surface area contributed by atoms with Crippen molar-refractivity contribution in [3.63, 3.8) is 0 Å². The second-order valence-corrected chi connectivity index (χ2v) is 9.56. The summed E-state index contributed by atoms with van der Waals surface area (Å²) in [6.45, 7) is 5.26. The van der Waals surface area contributed by atoms with Crippen LogP contribution in [0.25, 0.3) is 10.4 Å². The zero-order valence-corrected chi connectivity index (χ0v) is 18.7. The van der Waals surface area contributed by atoms with Gasteiger partial charge in [0.2, 0.25) is 11.8 Å². The van der Waals surface area contributed by atoms with Gasteiger partial charge in [-0.2, -0.15) is 0 Å². The molecule has 0 bridgehead atoms. The third-order valence-electron chi connectivity index (χ3n) is 6.76. The quantitative estimate of drug-likeness (QED) is 0.738. The Morgan fingerprint density at radius 1 is 1.17 bits per heavy atom. The topological polar surface area (TPSA) is 62.3 Å². The number of thiazole rings is 1. The van der Waals surface area contributed by atoms with E-state index in [4.69, 9.17) is 0 Å². The SMILES string of the molecule is Cc1ncsc1-c1ccc(CNC(=O)[C@@H]2CCCN2C(=O)C(C)C2CCCC2)cc1. The molecule has 1 unspecified atom stereocenters. The van der Waals surface area contributed by atoms with Gasteiger partial charge in [-0.3, -0.25) is 9.59 Å². The van der Waals surface area contributed by atoms with E-state index in [1.807, 2.05) is 17.3 Å². The van der Waals surface area contributed by atoms with E-state index in [2.05, 4.69) is 41.5 Å². The fourth-order valence-corrected chi connectivity index (χ4v) is 5.70. The lowest BCUT2D eigenvalue weighted by atomic mass is 9.91. The molecule has 1 aromatic carbocycles. The minimum Gasteiger partial charge on any atom is -0.350 e. The molecular weight excluding hydrogens is 394 g/mol. The van der Waals surface area contributed by atoms with Gasteiger partial charge in [0.1, 0.15) is 6.04 Å². The molecule has 2 amide bonds. The minimum atomic E-state index is -0.319. The smallest absolute Gasteiger partial charge is 0.243 e. The van der Waals surface area contributed by atoms with Crippen LogP contribution < -0.4 is 5.32 Å². The van der Waals surface area contributed by atoms with Crippen molar-refractivity contribution in [3.05, 3.63) is 41.0 Å². The molecular formula is C24H31N3O2S. The molecule has 1 saturated carbocycles. The summed E-state index contributed by atoms with van der Waals surface area (Å²) in [5, 5.41) is 3.06. The largest absolute Gasteiger partial charge is 0.350 e. The fraction of sp³-hybridized carbons (Fsp3) is 0.542. The van der Waals surface area contributed by atoms with E-state index < -0.39 is 0 Å². The summed E-state index contributed by atoms with van der Waals surface area (Å²) < 4.78 is 0. The highest BCUT2D eigenvalue weighted by molar-refractivity contribution is 7.13. The molecule has 30 heavy (non-hydrogen) atoms. The Morgan fingerprint density at radius 2 is 1.90 bits per heavy atom. The highest BCUT2D eigenvalue weighted by Gasteiger charge is 2.38. The first-order chi connectivity index (χ1) is 14.5. The fourth-order valence-electron chi connectivity index (χ4n) is 4.88. The van der Waals surface area contributed by atoms with Crippen LogP contribution in [0, 0.1) is 18.8 Å². The lowest BCUT2D eigenvalue weighted by Gasteiger charge is -2.29. The number of rotatable bonds is 6. The van der Waals surface area contributed by atoms with Gasteiger partial charge in [0.15, 0.2) is 0 Å². The Bertz CT molecular complexity index is 886. The average Bonchev–Trinajstić information content (AvgIpc) is 3.53. The van der Waals surface area contributed by atoms with E-state index in [1.54, 1.807) is 11.3 Å². The van der Waals surface area contributed by atoms with E-state index >= 15 is 0 Å². The molecule has 1 saturated heterocycles. The van der Waals surface area contributed by atoms with Crippen molar-refractivity contribution in [2.75, 3.05) is 6.54 Å². The predicted molar refractivity (Wildman–Crippen MR) is 120 cm³/mol. The monoisotopic (exact) mass is 425 g/mol. The van der Waals surface area contributed by atoms with Gasteiger partial charge < -0.3 is 10.2 Å². The molecule has 6 heteroatoms. The summed E-state index contributed by atoms with van der Waals surface area (Å²) in [5.41, 5.74) is 5.11. The van der Waals surface area contributed by atoms with Crippen LogP contribution in [0.4, 0.5) is 0 Å². The van der Waals surface area contributed by atoms with E-state index in [0.717, 1.165) is 42.5 Å². The van der Waals surface area contributed by atoms with Crippen molar-refractivity contribution in [2.45, 2.75) is 65.0 Å². The third-order valence-corrected chi connectivity index (χ3v) is 7.74. The molecule has 1 aliphatic carbocycles. The molecule has 2 aliphatic rings. The first kappa shape index (κ1) is 21.0. The summed E-state index contributed by atoms with van der Waals surface area (Å²) in [4.78, 5) is 33.2. The van der Waals surface area contributed by atoms with Gasteiger partial charge in [-0.15, -0.1) is 11.3 Å². The Morgan fingerprint density at radius 3 is 2.57 bits per heavy atom. The van der Waals surface area contributed by atoms with Crippen molar-refractivity contribution in [2.24, 2.45) is 11.8 Å². The van der Waals surface area contributed by atoms with E-state index in [0.29, 0.717) is 19.0 Å². The van der Waals surface area contributed by atoms with Crippen LogP contribution in [0.2, 0.25) is 0 Å². The number of aryl methyl sites for hydroxylation is 1. The highest BCUT2D eigenvalue weighted by atomic mass is 32.1. The van der Waals surface area contributed by atoms with E-state index in [1.165, 1.54) is 17.7 Å². The maximum absolute atomic E-state index is 13.0. The number of hydrogen-bond donors (Lipinski definition) is 1. The third kappa shape index (κ3) is 4.43. The molecule has 1 aliphatic heterocycles. The highest BCUT2D eigenvalue weighted by Crippen LogP contribution is 2.33. The maximum Gasteiger partial charge on any atom is 0.243 e. The molecule has 1 N–H and O–H groups in total. The van der Waals surface area contributed by atoms with Crippen molar-refractivity contribution < 1.29 is 9.59 Å². The predicted octanol–water partition coefficient (Wildman–Crippen LogP) is 4.55.